The van der Waals surface area contributed by atoms with Gasteiger partial charge in [-0.15, -0.1) is 0 Å². The molecule has 1 amide bonds. The van der Waals surface area contributed by atoms with Gasteiger partial charge in [-0.2, -0.15) is 13.2 Å². The fourth-order valence-corrected chi connectivity index (χ4v) is 4.39. The van der Waals surface area contributed by atoms with Crippen molar-refractivity contribution in [2.45, 2.75) is 37.3 Å². The topological polar surface area (TPSA) is 32.3 Å². The first-order valence-electron chi connectivity index (χ1n) is 10.6. The SMILES string of the molecule is O=C(NCC1CCN(CCc2ccccc2)C1)C1(c2cccc(C(F)(F)F)c2)CC1. The molecule has 2 aliphatic rings. The maximum atomic E-state index is 13.0. The van der Waals surface area contributed by atoms with Gasteiger partial charge in [0.15, 0.2) is 0 Å². The van der Waals surface area contributed by atoms with Gasteiger partial charge in [0, 0.05) is 19.6 Å². The predicted molar refractivity (Wildman–Crippen MR) is 110 cm³/mol. The molecule has 1 aliphatic heterocycles. The third-order valence-electron chi connectivity index (χ3n) is 6.41. The normalized spacial score (nSPS) is 20.8. The lowest BCUT2D eigenvalue weighted by Gasteiger charge is -2.20. The van der Waals surface area contributed by atoms with Gasteiger partial charge in [0.25, 0.3) is 0 Å². The molecule has 0 spiro atoms. The first-order valence-corrected chi connectivity index (χ1v) is 10.6. The Morgan fingerprint density at radius 1 is 1.10 bits per heavy atom. The minimum absolute atomic E-state index is 0.135. The van der Waals surface area contributed by atoms with Gasteiger partial charge in [0.2, 0.25) is 5.91 Å². The number of rotatable bonds is 7. The van der Waals surface area contributed by atoms with Gasteiger partial charge >= 0.3 is 6.18 Å². The number of alkyl halides is 3. The molecule has 1 atom stereocenters. The minimum Gasteiger partial charge on any atom is -0.355 e. The minimum atomic E-state index is -4.39. The first-order chi connectivity index (χ1) is 14.4. The van der Waals surface area contributed by atoms with E-state index in [4.69, 9.17) is 0 Å². The zero-order valence-electron chi connectivity index (χ0n) is 16.9. The molecular formula is C24H27F3N2O. The molecule has 2 aromatic carbocycles. The number of halogens is 3. The van der Waals surface area contributed by atoms with Crippen LogP contribution in [0.15, 0.2) is 54.6 Å². The molecule has 2 aromatic rings. The predicted octanol–water partition coefficient (Wildman–Crippen LogP) is 4.42. The van der Waals surface area contributed by atoms with Gasteiger partial charge in [-0.05, 0) is 55.3 Å². The van der Waals surface area contributed by atoms with E-state index in [1.807, 2.05) is 6.07 Å². The van der Waals surface area contributed by atoms with Gasteiger partial charge < -0.3 is 10.2 Å². The van der Waals surface area contributed by atoms with E-state index in [9.17, 15) is 18.0 Å². The van der Waals surface area contributed by atoms with Crippen molar-refractivity contribution in [1.82, 2.24) is 10.2 Å². The van der Waals surface area contributed by atoms with E-state index >= 15 is 0 Å². The molecule has 2 fully saturated rings. The van der Waals surface area contributed by atoms with Crippen LogP contribution >= 0.6 is 0 Å². The molecule has 1 N–H and O–H groups in total. The molecule has 6 heteroatoms. The summed E-state index contributed by atoms with van der Waals surface area (Å²) < 4.78 is 39.1. The van der Waals surface area contributed by atoms with Gasteiger partial charge in [0.1, 0.15) is 0 Å². The number of carbonyl (C=O) groups is 1. The molecule has 1 unspecified atom stereocenters. The number of benzene rings is 2. The molecule has 4 rings (SSSR count). The summed E-state index contributed by atoms with van der Waals surface area (Å²) in [6.45, 7) is 3.56. The van der Waals surface area contributed by atoms with Crippen LogP contribution in [0.2, 0.25) is 0 Å². The Bertz CT molecular complexity index is 878. The molecule has 1 aliphatic carbocycles. The number of amides is 1. The lowest BCUT2D eigenvalue weighted by atomic mass is 9.93. The first kappa shape index (κ1) is 20.9. The zero-order valence-corrected chi connectivity index (χ0v) is 16.9. The number of carbonyl (C=O) groups excluding carboxylic acids is 1. The van der Waals surface area contributed by atoms with Crippen LogP contribution in [0.25, 0.3) is 0 Å². The van der Waals surface area contributed by atoms with Crippen LogP contribution < -0.4 is 5.32 Å². The second-order valence-electron chi connectivity index (χ2n) is 8.56. The largest absolute Gasteiger partial charge is 0.416 e. The fraction of sp³-hybridized carbons (Fsp3) is 0.458. The number of nitrogens with zero attached hydrogens (tertiary/aromatic N) is 1. The second-order valence-corrected chi connectivity index (χ2v) is 8.56. The monoisotopic (exact) mass is 416 g/mol. The molecule has 0 radical (unpaired) electrons. The van der Waals surface area contributed by atoms with E-state index in [1.165, 1.54) is 11.6 Å². The van der Waals surface area contributed by atoms with Gasteiger partial charge in [-0.1, -0.05) is 48.5 Å². The van der Waals surface area contributed by atoms with Crippen LogP contribution in [0.3, 0.4) is 0 Å². The Balaban J connectivity index is 1.28. The molecule has 30 heavy (non-hydrogen) atoms. The van der Waals surface area contributed by atoms with E-state index in [-0.39, 0.29) is 5.91 Å². The van der Waals surface area contributed by atoms with Crippen molar-refractivity contribution in [3.05, 3.63) is 71.3 Å². The van der Waals surface area contributed by atoms with Crippen LogP contribution in [-0.2, 0) is 22.8 Å². The second kappa shape index (κ2) is 8.42. The van der Waals surface area contributed by atoms with Crippen LogP contribution in [0.1, 0.15) is 36.0 Å². The molecule has 0 aromatic heterocycles. The van der Waals surface area contributed by atoms with Crippen LogP contribution in [-0.4, -0.2) is 37.0 Å². The van der Waals surface area contributed by atoms with Crippen molar-refractivity contribution >= 4 is 5.91 Å². The number of hydrogen-bond donors (Lipinski definition) is 1. The van der Waals surface area contributed by atoms with E-state index in [0.717, 1.165) is 44.6 Å². The van der Waals surface area contributed by atoms with E-state index in [1.54, 1.807) is 6.07 Å². The van der Waals surface area contributed by atoms with Crippen molar-refractivity contribution in [2.75, 3.05) is 26.2 Å². The van der Waals surface area contributed by atoms with Crippen LogP contribution in [0.4, 0.5) is 13.2 Å². The number of likely N-dealkylation sites (tertiary alicyclic amines) is 1. The average molecular weight is 416 g/mol. The van der Waals surface area contributed by atoms with E-state index in [0.29, 0.717) is 30.9 Å². The average Bonchev–Trinajstić information content (AvgIpc) is 3.44. The van der Waals surface area contributed by atoms with Crippen molar-refractivity contribution in [3.63, 3.8) is 0 Å². The third kappa shape index (κ3) is 4.69. The van der Waals surface area contributed by atoms with Gasteiger partial charge in [-0.25, -0.2) is 0 Å². The summed E-state index contributed by atoms with van der Waals surface area (Å²) >= 11 is 0. The summed E-state index contributed by atoms with van der Waals surface area (Å²) in [4.78, 5) is 15.3. The number of nitrogens with one attached hydrogen (secondary N) is 1. The lowest BCUT2D eigenvalue weighted by Crippen LogP contribution is -2.38. The highest BCUT2D eigenvalue weighted by molar-refractivity contribution is 5.91. The summed E-state index contributed by atoms with van der Waals surface area (Å²) in [7, 11) is 0. The Hall–Kier alpha value is -2.34. The molecule has 1 saturated carbocycles. The van der Waals surface area contributed by atoms with E-state index in [2.05, 4.69) is 34.5 Å². The third-order valence-corrected chi connectivity index (χ3v) is 6.41. The summed E-state index contributed by atoms with van der Waals surface area (Å²) in [5.74, 6) is 0.256. The molecule has 0 bridgehead atoms. The van der Waals surface area contributed by atoms with Crippen molar-refractivity contribution in [3.8, 4) is 0 Å². The maximum Gasteiger partial charge on any atom is 0.416 e. The Morgan fingerprint density at radius 2 is 1.87 bits per heavy atom. The number of hydrogen-bond acceptors (Lipinski definition) is 2. The Morgan fingerprint density at radius 3 is 2.57 bits per heavy atom. The Kier molecular flexibility index (Phi) is 5.87. The maximum absolute atomic E-state index is 13.0. The quantitative estimate of drug-likeness (QED) is 0.725. The van der Waals surface area contributed by atoms with Crippen molar-refractivity contribution in [1.29, 1.82) is 0 Å². The summed E-state index contributed by atoms with van der Waals surface area (Å²) in [6, 6.07) is 15.6. The highest BCUT2D eigenvalue weighted by Gasteiger charge is 2.51. The smallest absolute Gasteiger partial charge is 0.355 e. The van der Waals surface area contributed by atoms with Gasteiger partial charge in [0.05, 0.1) is 11.0 Å². The molecule has 3 nitrogen and oxygen atoms in total. The van der Waals surface area contributed by atoms with Crippen LogP contribution in [0, 0.1) is 5.92 Å². The highest BCUT2D eigenvalue weighted by Crippen LogP contribution is 2.49. The van der Waals surface area contributed by atoms with Crippen molar-refractivity contribution < 1.29 is 18.0 Å². The molecule has 160 valence electrons. The van der Waals surface area contributed by atoms with Crippen LogP contribution in [0.5, 0.6) is 0 Å². The summed E-state index contributed by atoms with van der Waals surface area (Å²) in [6.07, 6.45) is -1.14. The van der Waals surface area contributed by atoms with E-state index < -0.39 is 17.2 Å². The van der Waals surface area contributed by atoms with Crippen molar-refractivity contribution in [2.24, 2.45) is 5.92 Å². The lowest BCUT2D eigenvalue weighted by molar-refractivity contribution is -0.137. The molecular weight excluding hydrogens is 389 g/mol. The molecule has 1 heterocycles. The van der Waals surface area contributed by atoms with Gasteiger partial charge in [-0.3, -0.25) is 4.79 Å². The summed E-state index contributed by atoms with van der Waals surface area (Å²) in [5, 5.41) is 3.03. The highest BCUT2D eigenvalue weighted by atomic mass is 19.4. The summed E-state index contributed by atoms with van der Waals surface area (Å²) in [5.41, 5.74) is 0.327. The molecule has 1 saturated heterocycles. The zero-order chi connectivity index (χ0) is 21.2. The fourth-order valence-electron chi connectivity index (χ4n) is 4.39. The standard InChI is InChI=1S/C24H27F3N2O/c25-24(26,27)21-8-4-7-20(15-21)23(11-12-23)22(30)28-16-19-10-14-29(17-19)13-9-18-5-2-1-3-6-18/h1-8,15,19H,9-14,16-17H2,(H,28,30). The Labute approximate surface area is 175 Å².